The van der Waals surface area contributed by atoms with Gasteiger partial charge >= 0.3 is 0 Å². The van der Waals surface area contributed by atoms with Gasteiger partial charge in [-0.3, -0.25) is 9.59 Å². The number of carbonyl (C=O) groups excluding carboxylic acids is 1. The van der Waals surface area contributed by atoms with Gasteiger partial charge in [-0.05, 0) is 31.0 Å². The predicted octanol–water partition coefficient (Wildman–Crippen LogP) is 2.22. The number of fused-ring (bicyclic) bond motifs is 1. The molecule has 1 aromatic heterocycles. The second kappa shape index (κ2) is 7.39. The molecular weight excluding hydrogens is 330 g/mol. The van der Waals surface area contributed by atoms with E-state index in [9.17, 15) is 9.59 Å². The molecule has 3 aromatic rings. The number of methoxy groups -OCH3 is 1. The highest BCUT2D eigenvalue weighted by atomic mass is 16.5. The van der Waals surface area contributed by atoms with Crippen molar-refractivity contribution in [1.29, 1.82) is 0 Å². The molecule has 0 atom stereocenters. The molecule has 6 heteroatoms. The summed E-state index contributed by atoms with van der Waals surface area (Å²) in [6.07, 6.45) is 0.639. The molecule has 2 aromatic carbocycles. The predicted molar refractivity (Wildman–Crippen MR) is 101 cm³/mol. The van der Waals surface area contributed by atoms with Crippen LogP contribution in [0, 0.1) is 6.92 Å². The fourth-order valence-corrected chi connectivity index (χ4v) is 2.96. The van der Waals surface area contributed by atoms with Crippen molar-refractivity contribution >= 4 is 16.7 Å². The van der Waals surface area contributed by atoms with Gasteiger partial charge in [-0.25, -0.2) is 4.68 Å². The maximum Gasteiger partial charge on any atom is 0.274 e. The molecule has 134 valence electrons. The number of aromatic nitrogens is 2. The van der Waals surface area contributed by atoms with Crippen molar-refractivity contribution in [2.75, 3.05) is 13.7 Å². The summed E-state index contributed by atoms with van der Waals surface area (Å²) < 4.78 is 6.56. The van der Waals surface area contributed by atoms with Crippen LogP contribution in [0.15, 0.2) is 47.3 Å². The molecule has 1 N–H and O–H groups in total. The van der Waals surface area contributed by atoms with Gasteiger partial charge in [0.2, 0.25) is 0 Å². The van der Waals surface area contributed by atoms with E-state index >= 15 is 0 Å². The van der Waals surface area contributed by atoms with Crippen molar-refractivity contribution < 1.29 is 9.53 Å². The minimum absolute atomic E-state index is 0.221. The highest BCUT2D eigenvalue weighted by molar-refractivity contribution is 6.04. The van der Waals surface area contributed by atoms with Crippen LogP contribution in [0.25, 0.3) is 10.8 Å². The first kappa shape index (κ1) is 17.7. The summed E-state index contributed by atoms with van der Waals surface area (Å²) >= 11 is 0. The van der Waals surface area contributed by atoms with Gasteiger partial charge in [-0.2, -0.15) is 5.10 Å². The van der Waals surface area contributed by atoms with Crippen LogP contribution in [0.2, 0.25) is 0 Å². The molecule has 0 spiro atoms. The molecule has 0 saturated carbocycles. The first-order valence-corrected chi connectivity index (χ1v) is 8.39. The van der Waals surface area contributed by atoms with E-state index in [1.807, 2.05) is 25.1 Å². The normalized spacial score (nSPS) is 10.7. The number of ether oxygens (including phenoxy) is 1. The Balaban J connectivity index is 1.80. The fraction of sp³-hybridized carbons (Fsp3) is 0.250. The monoisotopic (exact) mass is 351 g/mol. The lowest BCUT2D eigenvalue weighted by molar-refractivity contribution is 0.0949. The molecule has 0 aliphatic carbocycles. The van der Waals surface area contributed by atoms with Gasteiger partial charge < -0.3 is 10.1 Å². The van der Waals surface area contributed by atoms with E-state index in [1.165, 1.54) is 4.68 Å². The summed E-state index contributed by atoms with van der Waals surface area (Å²) in [6.45, 7) is 2.46. The molecule has 3 rings (SSSR count). The highest BCUT2D eigenvalue weighted by Gasteiger charge is 2.15. The van der Waals surface area contributed by atoms with Crippen molar-refractivity contribution in [3.8, 4) is 5.75 Å². The smallest absolute Gasteiger partial charge is 0.274 e. The van der Waals surface area contributed by atoms with Gasteiger partial charge in [0.1, 0.15) is 5.75 Å². The number of carbonyl (C=O) groups is 1. The van der Waals surface area contributed by atoms with Gasteiger partial charge in [-0.15, -0.1) is 0 Å². The lowest BCUT2D eigenvalue weighted by atomic mass is 10.1. The maximum absolute atomic E-state index is 12.6. The minimum Gasteiger partial charge on any atom is -0.496 e. The topological polar surface area (TPSA) is 73.2 Å². The summed E-state index contributed by atoms with van der Waals surface area (Å²) in [4.78, 5) is 24.8. The van der Waals surface area contributed by atoms with E-state index in [0.717, 1.165) is 16.9 Å². The van der Waals surface area contributed by atoms with E-state index in [-0.39, 0.29) is 17.2 Å². The lowest BCUT2D eigenvalue weighted by Gasteiger charge is -2.11. The van der Waals surface area contributed by atoms with E-state index < -0.39 is 0 Å². The average molecular weight is 351 g/mol. The highest BCUT2D eigenvalue weighted by Crippen LogP contribution is 2.20. The largest absolute Gasteiger partial charge is 0.496 e. The standard InChI is InChI=1S/C20H21N3O3/c1-13-8-9-17(26-3)14(12-13)10-11-21-19(24)18-15-6-4-5-7-16(15)20(25)23(2)22-18/h4-9,12H,10-11H2,1-3H3,(H,21,24). The number of benzene rings is 2. The number of rotatable bonds is 5. The SMILES string of the molecule is COc1ccc(C)cc1CCNC(=O)c1nn(C)c(=O)c2ccccc12. The Hall–Kier alpha value is -3.15. The number of hydrogen-bond donors (Lipinski definition) is 1. The van der Waals surface area contributed by atoms with Crippen LogP contribution in [0.3, 0.4) is 0 Å². The van der Waals surface area contributed by atoms with Crippen LogP contribution in [0.5, 0.6) is 5.75 Å². The molecule has 0 radical (unpaired) electrons. The Morgan fingerprint density at radius 1 is 1.19 bits per heavy atom. The molecular formula is C20H21N3O3. The van der Waals surface area contributed by atoms with E-state index in [4.69, 9.17) is 4.74 Å². The van der Waals surface area contributed by atoms with Crippen LogP contribution in [-0.2, 0) is 13.5 Å². The molecule has 0 saturated heterocycles. The molecule has 0 aliphatic heterocycles. The molecule has 26 heavy (non-hydrogen) atoms. The van der Waals surface area contributed by atoms with Crippen LogP contribution < -0.4 is 15.6 Å². The van der Waals surface area contributed by atoms with Gasteiger partial charge in [0, 0.05) is 19.0 Å². The third kappa shape index (κ3) is 3.44. The van der Waals surface area contributed by atoms with Crippen LogP contribution in [-0.4, -0.2) is 29.3 Å². The summed E-state index contributed by atoms with van der Waals surface area (Å²) in [5, 5.41) is 8.07. The van der Waals surface area contributed by atoms with Gasteiger partial charge in [0.05, 0.1) is 12.5 Å². The average Bonchev–Trinajstić information content (AvgIpc) is 2.65. The van der Waals surface area contributed by atoms with Crippen molar-refractivity contribution in [2.24, 2.45) is 7.05 Å². The third-order valence-electron chi connectivity index (χ3n) is 4.29. The zero-order valence-electron chi connectivity index (χ0n) is 15.1. The summed E-state index contributed by atoms with van der Waals surface area (Å²) in [5.41, 5.74) is 2.20. The number of hydrogen-bond acceptors (Lipinski definition) is 4. The molecule has 0 unspecified atom stereocenters. The molecule has 0 bridgehead atoms. The molecule has 6 nitrogen and oxygen atoms in total. The molecule has 1 heterocycles. The Kier molecular flexibility index (Phi) is 5.02. The zero-order valence-corrected chi connectivity index (χ0v) is 15.1. The van der Waals surface area contributed by atoms with Gasteiger partial charge in [-0.1, -0.05) is 35.9 Å². The number of aryl methyl sites for hydroxylation is 2. The van der Waals surface area contributed by atoms with E-state index in [2.05, 4.69) is 10.4 Å². The minimum atomic E-state index is -0.302. The van der Waals surface area contributed by atoms with Crippen LogP contribution in [0.4, 0.5) is 0 Å². The second-order valence-corrected chi connectivity index (χ2v) is 6.14. The Bertz CT molecular complexity index is 1020. The van der Waals surface area contributed by atoms with Crippen molar-refractivity contribution in [2.45, 2.75) is 13.3 Å². The summed E-state index contributed by atoms with van der Waals surface area (Å²) in [5.74, 6) is 0.499. The first-order chi connectivity index (χ1) is 12.5. The maximum atomic E-state index is 12.6. The molecule has 0 aliphatic rings. The Morgan fingerprint density at radius 3 is 2.65 bits per heavy atom. The van der Waals surface area contributed by atoms with Crippen molar-refractivity contribution in [3.05, 3.63) is 69.6 Å². The quantitative estimate of drug-likeness (QED) is 0.765. The number of amides is 1. The van der Waals surface area contributed by atoms with Crippen molar-refractivity contribution in [3.63, 3.8) is 0 Å². The summed E-state index contributed by atoms with van der Waals surface area (Å²) in [6, 6.07) is 13.0. The number of nitrogens with one attached hydrogen (secondary N) is 1. The first-order valence-electron chi connectivity index (χ1n) is 8.39. The van der Waals surface area contributed by atoms with Crippen molar-refractivity contribution in [1.82, 2.24) is 15.1 Å². The Labute approximate surface area is 151 Å². The van der Waals surface area contributed by atoms with Gasteiger partial charge in [0.15, 0.2) is 5.69 Å². The number of nitrogens with zero attached hydrogens (tertiary/aromatic N) is 2. The Morgan fingerprint density at radius 2 is 1.92 bits per heavy atom. The van der Waals surface area contributed by atoms with E-state index in [1.54, 1.807) is 38.4 Å². The van der Waals surface area contributed by atoms with Crippen LogP contribution in [0.1, 0.15) is 21.6 Å². The van der Waals surface area contributed by atoms with Crippen LogP contribution >= 0.6 is 0 Å². The zero-order chi connectivity index (χ0) is 18.7. The third-order valence-corrected chi connectivity index (χ3v) is 4.29. The molecule has 0 fully saturated rings. The molecule has 1 amide bonds. The van der Waals surface area contributed by atoms with Gasteiger partial charge in [0.25, 0.3) is 11.5 Å². The second-order valence-electron chi connectivity index (χ2n) is 6.14. The lowest BCUT2D eigenvalue weighted by Crippen LogP contribution is -2.30. The summed E-state index contributed by atoms with van der Waals surface area (Å²) in [7, 11) is 3.18. The van der Waals surface area contributed by atoms with E-state index in [0.29, 0.717) is 23.7 Å². The fourth-order valence-electron chi connectivity index (χ4n) is 2.96.